The fourth-order valence-electron chi connectivity index (χ4n) is 2.53. The van der Waals surface area contributed by atoms with Gasteiger partial charge < -0.3 is 13.6 Å². The normalized spacial score (nSPS) is 11.1. The highest BCUT2D eigenvalue weighted by Gasteiger charge is 2.10. The lowest BCUT2D eigenvalue weighted by molar-refractivity contribution is 0.414. The Kier molecular flexibility index (Phi) is 4.88. The van der Waals surface area contributed by atoms with E-state index in [0.29, 0.717) is 11.1 Å². The first-order chi connectivity index (χ1) is 12.8. The van der Waals surface area contributed by atoms with Crippen molar-refractivity contribution < 1.29 is 13.6 Å². The number of para-hydroxylation sites is 2. The minimum atomic E-state index is 0.508. The molecule has 0 saturated carbocycles. The predicted octanol–water partition coefficient (Wildman–Crippen LogP) is 4.61. The van der Waals surface area contributed by atoms with Crippen molar-refractivity contribution in [2.24, 2.45) is 0 Å². The Morgan fingerprint density at radius 3 is 2.65 bits per heavy atom. The molecule has 0 fully saturated rings. The molecule has 7 heteroatoms. The minimum Gasteiger partial charge on any atom is -0.497 e. The van der Waals surface area contributed by atoms with Crippen molar-refractivity contribution in [3.8, 4) is 17.2 Å². The molecule has 132 valence electrons. The van der Waals surface area contributed by atoms with E-state index in [2.05, 4.69) is 15.2 Å². The number of hydrogen-bond acceptors (Lipinski definition) is 7. The predicted molar refractivity (Wildman–Crippen MR) is 99.3 cm³/mol. The molecule has 26 heavy (non-hydrogen) atoms. The number of aromatic nitrogens is 3. The second kappa shape index (κ2) is 7.61. The van der Waals surface area contributed by atoms with Crippen LogP contribution in [0.5, 0.6) is 5.75 Å². The van der Waals surface area contributed by atoms with Gasteiger partial charge in [0.05, 0.1) is 7.11 Å². The number of ether oxygens (including phenoxy) is 1. The number of thioether (sulfide) groups is 1. The third kappa shape index (κ3) is 3.72. The highest BCUT2D eigenvalue weighted by molar-refractivity contribution is 7.99. The van der Waals surface area contributed by atoms with Gasteiger partial charge in [-0.1, -0.05) is 23.9 Å². The number of rotatable bonds is 7. The van der Waals surface area contributed by atoms with Crippen molar-refractivity contribution in [2.45, 2.75) is 18.1 Å². The van der Waals surface area contributed by atoms with Crippen LogP contribution in [0.25, 0.3) is 22.6 Å². The van der Waals surface area contributed by atoms with E-state index in [0.717, 1.165) is 46.9 Å². The van der Waals surface area contributed by atoms with Crippen LogP contribution in [0.4, 0.5) is 0 Å². The molecule has 0 spiro atoms. The molecule has 2 heterocycles. The maximum absolute atomic E-state index is 5.72. The molecule has 0 amide bonds. The SMILES string of the molecule is COc1ccc(-c2nnc(SCCCc3nc4ccccc4o3)o2)cc1. The zero-order valence-corrected chi connectivity index (χ0v) is 15.0. The Morgan fingerprint density at radius 2 is 1.85 bits per heavy atom. The fraction of sp³-hybridized carbons (Fsp3) is 0.211. The molecule has 0 aliphatic rings. The van der Waals surface area contributed by atoms with Crippen molar-refractivity contribution in [1.82, 2.24) is 15.2 Å². The van der Waals surface area contributed by atoms with E-state index in [1.165, 1.54) is 11.8 Å². The summed E-state index contributed by atoms with van der Waals surface area (Å²) in [7, 11) is 1.64. The molecule has 0 N–H and O–H groups in total. The maximum Gasteiger partial charge on any atom is 0.276 e. The average molecular weight is 367 g/mol. The zero-order valence-electron chi connectivity index (χ0n) is 14.2. The summed E-state index contributed by atoms with van der Waals surface area (Å²) in [4.78, 5) is 4.48. The van der Waals surface area contributed by atoms with Gasteiger partial charge in [-0.05, 0) is 42.8 Å². The van der Waals surface area contributed by atoms with Gasteiger partial charge in [0.1, 0.15) is 11.3 Å². The van der Waals surface area contributed by atoms with Crippen LogP contribution in [0.2, 0.25) is 0 Å². The van der Waals surface area contributed by atoms with E-state index in [4.69, 9.17) is 13.6 Å². The second-order valence-electron chi connectivity index (χ2n) is 5.63. The van der Waals surface area contributed by atoms with Crippen LogP contribution in [-0.2, 0) is 6.42 Å². The van der Waals surface area contributed by atoms with Gasteiger partial charge in [0.2, 0.25) is 5.89 Å². The topological polar surface area (TPSA) is 74.2 Å². The second-order valence-corrected chi connectivity index (χ2v) is 6.68. The number of hydrogen-bond donors (Lipinski definition) is 0. The van der Waals surface area contributed by atoms with Crippen LogP contribution in [0.15, 0.2) is 62.6 Å². The van der Waals surface area contributed by atoms with Crippen molar-refractivity contribution in [2.75, 3.05) is 12.9 Å². The van der Waals surface area contributed by atoms with Crippen LogP contribution in [-0.4, -0.2) is 28.0 Å². The number of oxazole rings is 1. The lowest BCUT2D eigenvalue weighted by atomic mass is 10.2. The molecule has 0 unspecified atom stereocenters. The summed E-state index contributed by atoms with van der Waals surface area (Å²) in [6.45, 7) is 0. The van der Waals surface area contributed by atoms with E-state index >= 15 is 0 Å². The fourth-order valence-corrected chi connectivity index (χ4v) is 3.23. The van der Waals surface area contributed by atoms with Gasteiger partial charge >= 0.3 is 0 Å². The number of nitrogens with zero attached hydrogens (tertiary/aromatic N) is 3. The minimum absolute atomic E-state index is 0.508. The molecule has 2 aromatic heterocycles. The Labute approximate surface area is 154 Å². The Bertz CT molecular complexity index is 962. The molecule has 0 radical (unpaired) electrons. The van der Waals surface area contributed by atoms with Crippen molar-refractivity contribution >= 4 is 22.9 Å². The first-order valence-corrected chi connectivity index (χ1v) is 9.25. The highest BCUT2D eigenvalue weighted by Crippen LogP contribution is 2.25. The molecule has 4 rings (SSSR count). The summed E-state index contributed by atoms with van der Waals surface area (Å²) < 4.78 is 16.6. The zero-order chi connectivity index (χ0) is 17.8. The summed E-state index contributed by atoms with van der Waals surface area (Å²) in [5, 5.41) is 8.75. The molecule has 0 aliphatic heterocycles. The van der Waals surface area contributed by atoms with Crippen LogP contribution in [0, 0.1) is 0 Å². The van der Waals surface area contributed by atoms with E-state index in [9.17, 15) is 0 Å². The molecule has 0 bridgehead atoms. The molecule has 0 saturated heterocycles. The summed E-state index contributed by atoms with van der Waals surface area (Å²) in [6, 6.07) is 15.3. The number of benzene rings is 2. The van der Waals surface area contributed by atoms with Crippen LogP contribution in [0.1, 0.15) is 12.3 Å². The number of fused-ring (bicyclic) bond motifs is 1. The van der Waals surface area contributed by atoms with Gasteiger partial charge in [-0.2, -0.15) is 0 Å². The van der Waals surface area contributed by atoms with E-state index in [1.807, 2.05) is 48.5 Å². The van der Waals surface area contributed by atoms with E-state index in [1.54, 1.807) is 7.11 Å². The molecule has 0 atom stereocenters. The molecule has 0 aliphatic carbocycles. The Hall–Kier alpha value is -2.80. The lowest BCUT2D eigenvalue weighted by Gasteiger charge is -1.99. The number of aryl methyl sites for hydroxylation is 1. The van der Waals surface area contributed by atoms with Crippen LogP contribution < -0.4 is 4.74 Å². The molecular weight excluding hydrogens is 350 g/mol. The Morgan fingerprint density at radius 1 is 1.00 bits per heavy atom. The molecular formula is C19H17N3O3S. The van der Waals surface area contributed by atoms with Gasteiger partial charge in [0, 0.05) is 17.7 Å². The average Bonchev–Trinajstić information content (AvgIpc) is 3.32. The smallest absolute Gasteiger partial charge is 0.276 e. The standard InChI is InChI=1S/C19H17N3O3S/c1-23-14-10-8-13(9-11-14)18-21-22-19(25-18)26-12-4-7-17-20-15-5-2-3-6-16(15)24-17/h2-3,5-6,8-11H,4,7,12H2,1H3. The van der Waals surface area contributed by atoms with E-state index < -0.39 is 0 Å². The van der Waals surface area contributed by atoms with Gasteiger partial charge in [-0.25, -0.2) is 4.98 Å². The molecule has 6 nitrogen and oxygen atoms in total. The largest absolute Gasteiger partial charge is 0.497 e. The quantitative estimate of drug-likeness (QED) is 0.349. The lowest BCUT2D eigenvalue weighted by Crippen LogP contribution is -1.87. The van der Waals surface area contributed by atoms with Crippen molar-refractivity contribution in [3.05, 3.63) is 54.4 Å². The first kappa shape index (κ1) is 16.7. The molecule has 2 aromatic carbocycles. The van der Waals surface area contributed by atoms with Crippen LogP contribution >= 0.6 is 11.8 Å². The summed E-state index contributed by atoms with van der Waals surface area (Å²) in [5.41, 5.74) is 2.60. The first-order valence-electron chi connectivity index (χ1n) is 8.27. The van der Waals surface area contributed by atoms with Gasteiger partial charge in [0.25, 0.3) is 5.22 Å². The summed E-state index contributed by atoms with van der Waals surface area (Å²) in [5.74, 6) is 2.91. The monoisotopic (exact) mass is 367 g/mol. The van der Waals surface area contributed by atoms with Crippen molar-refractivity contribution in [3.63, 3.8) is 0 Å². The maximum atomic E-state index is 5.72. The van der Waals surface area contributed by atoms with Gasteiger partial charge in [-0.15, -0.1) is 10.2 Å². The third-order valence-electron chi connectivity index (χ3n) is 3.84. The summed E-state index contributed by atoms with van der Waals surface area (Å²) >= 11 is 1.54. The third-order valence-corrected chi connectivity index (χ3v) is 4.75. The van der Waals surface area contributed by atoms with Crippen LogP contribution in [0.3, 0.4) is 0 Å². The van der Waals surface area contributed by atoms with E-state index in [-0.39, 0.29) is 0 Å². The summed E-state index contributed by atoms with van der Waals surface area (Å²) in [6.07, 6.45) is 1.69. The van der Waals surface area contributed by atoms with Crippen molar-refractivity contribution in [1.29, 1.82) is 0 Å². The highest BCUT2D eigenvalue weighted by atomic mass is 32.2. The Balaban J connectivity index is 1.30. The molecule has 4 aromatic rings. The number of methoxy groups -OCH3 is 1. The van der Waals surface area contributed by atoms with Gasteiger partial charge in [0.15, 0.2) is 11.5 Å². The van der Waals surface area contributed by atoms with Gasteiger partial charge in [-0.3, -0.25) is 0 Å².